The van der Waals surface area contributed by atoms with E-state index >= 15 is 0 Å². The monoisotopic (exact) mass is 285 g/mol. The molecule has 1 N–H and O–H groups in total. The summed E-state index contributed by atoms with van der Waals surface area (Å²) in [6.07, 6.45) is 0.977. The quantitative estimate of drug-likeness (QED) is 0.829. The molecule has 1 fully saturated rings. The van der Waals surface area contributed by atoms with E-state index in [-0.39, 0.29) is 17.8 Å². The van der Waals surface area contributed by atoms with E-state index in [1.807, 2.05) is 19.9 Å². The molecule has 2 unspecified atom stereocenters. The van der Waals surface area contributed by atoms with Crippen LogP contribution in [0.3, 0.4) is 0 Å². The van der Waals surface area contributed by atoms with Gasteiger partial charge in [0.2, 0.25) is 0 Å². The van der Waals surface area contributed by atoms with Crippen LogP contribution < -0.4 is 0 Å². The minimum atomic E-state index is -0.965. The number of nitriles is 1. The summed E-state index contributed by atoms with van der Waals surface area (Å²) in [4.78, 5) is 26.6. The second-order valence-electron chi connectivity index (χ2n) is 4.23. The van der Waals surface area contributed by atoms with Crippen molar-refractivity contribution in [2.75, 3.05) is 18.8 Å². The van der Waals surface area contributed by atoms with Gasteiger partial charge in [-0.1, -0.05) is 6.92 Å². The molecule has 1 saturated heterocycles. The summed E-state index contributed by atoms with van der Waals surface area (Å²) in [5.41, 5.74) is 0. The van der Waals surface area contributed by atoms with E-state index in [1.54, 1.807) is 0 Å². The number of thioether (sulfide) groups is 1. The maximum atomic E-state index is 12.4. The molecule has 0 aromatic carbocycles. The van der Waals surface area contributed by atoms with Gasteiger partial charge in [0.25, 0.3) is 0 Å². The molecule has 0 aromatic rings. The van der Waals surface area contributed by atoms with E-state index in [2.05, 4.69) is 0 Å². The first kappa shape index (κ1) is 15.6. The van der Waals surface area contributed by atoms with E-state index in [1.165, 1.54) is 21.6 Å². The number of carboxylic acids is 1. The van der Waals surface area contributed by atoms with Crippen molar-refractivity contribution in [3.8, 4) is 6.07 Å². The number of hydrogen-bond donors (Lipinski definition) is 1. The van der Waals surface area contributed by atoms with Crippen LogP contribution in [-0.2, 0) is 4.79 Å². The van der Waals surface area contributed by atoms with Crippen LogP contribution in [0.5, 0.6) is 0 Å². The van der Waals surface area contributed by atoms with Crippen molar-refractivity contribution in [1.82, 2.24) is 9.80 Å². The van der Waals surface area contributed by atoms with E-state index in [0.29, 0.717) is 18.8 Å². The first-order chi connectivity index (χ1) is 9.06. The van der Waals surface area contributed by atoms with Gasteiger partial charge in [0.15, 0.2) is 0 Å². The summed E-state index contributed by atoms with van der Waals surface area (Å²) >= 11 is 1.50. The lowest BCUT2D eigenvalue weighted by molar-refractivity contribution is -0.141. The van der Waals surface area contributed by atoms with Crippen molar-refractivity contribution in [1.29, 1.82) is 5.26 Å². The molecule has 1 heterocycles. The van der Waals surface area contributed by atoms with Crippen LogP contribution in [0.15, 0.2) is 0 Å². The molecular formula is C12H19N3O3S. The Bertz CT molecular complexity index is 383. The number of hydrogen-bond acceptors (Lipinski definition) is 4. The van der Waals surface area contributed by atoms with Crippen molar-refractivity contribution in [3.63, 3.8) is 0 Å². The molecule has 0 aliphatic carbocycles. The summed E-state index contributed by atoms with van der Waals surface area (Å²) in [5, 5.41) is 17.7. The van der Waals surface area contributed by atoms with E-state index < -0.39 is 12.0 Å². The molecule has 1 aliphatic heterocycles. The number of carboxylic acid groups (broad SMARTS) is 1. The van der Waals surface area contributed by atoms with Crippen molar-refractivity contribution in [3.05, 3.63) is 0 Å². The van der Waals surface area contributed by atoms with Crippen LogP contribution in [0, 0.1) is 11.3 Å². The Morgan fingerprint density at radius 2 is 2.21 bits per heavy atom. The second kappa shape index (κ2) is 7.24. The van der Waals surface area contributed by atoms with Crippen molar-refractivity contribution >= 4 is 23.8 Å². The number of aliphatic carboxylic acids is 1. The van der Waals surface area contributed by atoms with Gasteiger partial charge < -0.3 is 10.0 Å². The highest BCUT2D eigenvalue weighted by molar-refractivity contribution is 8.00. The van der Waals surface area contributed by atoms with Gasteiger partial charge in [0.05, 0.1) is 17.9 Å². The predicted octanol–water partition coefficient (Wildman–Crippen LogP) is 1.58. The molecule has 6 nitrogen and oxygen atoms in total. The maximum absolute atomic E-state index is 12.4. The SMILES string of the molecule is CCC1SCC(C(=O)O)N1C(=O)N(CC)CCC#N. The fourth-order valence-corrected chi connectivity index (χ4v) is 3.40. The highest BCUT2D eigenvalue weighted by Gasteiger charge is 2.42. The second-order valence-corrected chi connectivity index (χ2v) is 5.44. The number of nitrogens with zero attached hydrogens (tertiary/aromatic N) is 3. The maximum Gasteiger partial charge on any atom is 0.327 e. The van der Waals surface area contributed by atoms with Gasteiger partial charge >= 0.3 is 12.0 Å². The Balaban J connectivity index is 2.85. The van der Waals surface area contributed by atoms with Crippen LogP contribution in [0.4, 0.5) is 4.79 Å². The van der Waals surface area contributed by atoms with Crippen LogP contribution >= 0.6 is 11.8 Å². The Hall–Kier alpha value is -1.42. The standard InChI is InChI=1S/C12H19N3O3S/c1-3-10-15(9(8-19-10)11(16)17)12(18)14(4-2)7-5-6-13/h9-10H,3-5,7-8H2,1-2H3,(H,16,17). The van der Waals surface area contributed by atoms with Crippen LogP contribution in [-0.4, -0.2) is 57.2 Å². The first-order valence-corrected chi connectivity index (χ1v) is 7.40. The molecule has 1 rings (SSSR count). The number of urea groups is 1. The Labute approximate surface area is 117 Å². The summed E-state index contributed by atoms with van der Waals surface area (Å²) in [6, 6.07) is 0.962. The molecule has 0 bridgehead atoms. The third-order valence-electron chi connectivity index (χ3n) is 3.09. The molecule has 0 radical (unpaired) electrons. The average Bonchev–Trinajstić information content (AvgIpc) is 2.83. The van der Waals surface area contributed by atoms with Gasteiger partial charge in [-0.05, 0) is 13.3 Å². The Morgan fingerprint density at radius 1 is 1.53 bits per heavy atom. The number of amides is 2. The van der Waals surface area contributed by atoms with Crippen LogP contribution in [0.2, 0.25) is 0 Å². The summed E-state index contributed by atoms with van der Waals surface area (Å²) < 4.78 is 0. The summed E-state index contributed by atoms with van der Waals surface area (Å²) in [5.74, 6) is -0.539. The van der Waals surface area contributed by atoms with Gasteiger partial charge in [0, 0.05) is 18.8 Å². The summed E-state index contributed by atoms with van der Waals surface area (Å²) in [6.45, 7) is 4.59. The summed E-state index contributed by atoms with van der Waals surface area (Å²) in [7, 11) is 0. The minimum absolute atomic E-state index is 0.0928. The molecule has 106 valence electrons. The fourth-order valence-electron chi connectivity index (χ4n) is 2.06. The zero-order valence-electron chi connectivity index (χ0n) is 11.2. The topological polar surface area (TPSA) is 84.6 Å². The van der Waals surface area contributed by atoms with E-state index in [0.717, 1.165) is 6.42 Å². The normalized spacial score (nSPS) is 22.1. The fraction of sp³-hybridized carbons (Fsp3) is 0.750. The lowest BCUT2D eigenvalue weighted by atomic mass is 10.2. The minimum Gasteiger partial charge on any atom is -0.480 e. The third kappa shape index (κ3) is 3.53. The highest BCUT2D eigenvalue weighted by Crippen LogP contribution is 2.32. The lowest BCUT2D eigenvalue weighted by Gasteiger charge is -2.32. The largest absolute Gasteiger partial charge is 0.480 e. The molecule has 2 amide bonds. The van der Waals surface area contributed by atoms with Gasteiger partial charge in [-0.15, -0.1) is 11.8 Å². The molecular weight excluding hydrogens is 266 g/mol. The van der Waals surface area contributed by atoms with Crippen molar-refractivity contribution < 1.29 is 14.7 Å². The number of carbonyl (C=O) groups excluding carboxylic acids is 1. The smallest absolute Gasteiger partial charge is 0.327 e. The van der Waals surface area contributed by atoms with E-state index in [9.17, 15) is 14.7 Å². The Kier molecular flexibility index (Phi) is 5.96. The van der Waals surface area contributed by atoms with Crippen molar-refractivity contribution in [2.24, 2.45) is 0 Å². The average molecular weight is 285 g/mol. The third-order valence-corrected chi connectivity index (χ3v) is 4.55. The van der Waals surface area contributed by atoms with Gasteiger partial charge in [0.1, 0.15) is 6.04 Å². The zero-order valence-corrected chi connectivity index (χ0v) is 12.0. The van der Waals surface area contributed by atoms with Crippen LogP contribution in [0.1, 0.15) is 26.7 Å². The molecule has 19 heavy (non-hydrogen) atoms. The molecule has 2 atom stereocenters. The molecule has 0 aromatic heterocycles. The first-order valence-electron chi connectivity index (χ1n) is 6.35. The van der Waals surface area contributed by atoms with Gasteiger partial charge in [-0.2, -0.15) is 5.26 Å². The zero-order chi connectivity index (χ0) is 14.4. The Morgan fingerprint density at radius 3 is 2.68 bits per heavy atom. The molecule has 1 aliphatic rings. The molecule has 0 saturated carbocycles. The number of carbonyl (C=O) groups is 2. The highest BCUT2D eigenvalue weighted by atomic mass is 32.2. The predicted molar refractivity (Wildman–Crippen MR) is 72.7 cm³/mol. The molecule has 0 spiro atoms. The molecule has 7 heteroatoms. The van der Waals surface area contributed by atoms with Gasteiger partial charge in [-0.3, -0.25) is 4.90 Å². The lowest BCUT2D eigenvalue weighted by Crippen LogP contribution is -2.51. The van der Waals surface area contributed by atoms with Crippen LogP contribution in [0.25, 0.3) is 0 Å². The van der Waals surface area contributed by atoms with Gasteiger partial charge in [-0.25, -0.2) is 9.59 Å². The van der Waals surface area contributed by atoms with Crippen molar-refractivity contribution in [2.45, 2.75) is 38.1 Å². The number of rotatable bonds is 5. The van der Waals surface area contributed by atoms with E-state index in [4.69, 9.17) is 5.26 Å².